The lowest BCUT2D eigenvalue weighted by Crippen LogP contribution is -2.36. The highest BCUT2D eigenvalue weighted by atomic mass is 35.5. The van der Waals surface area contributed by atoms with Gasteiger partial charge in [-0.05, 0) is 44.0 Å². The maximum absolute atomic E-state index is 12.5. The average Bonchev–Trinajstić information content (AvgIpc) is 3.01. The summed E-state index contributed by atoms with van der Waals surface area (Å²) in [6.07, 6.45) is 4.91. The number of aromatic nitrogens is 2. The third-order valence-corrected chi connectivity index (χ3v) is 4.36. The molecule has 1 aromatic heterocycles. The number of hydrogen-bond donors (Lipinski definition) is 0. The van der Waals surface area contributed by atoms with Gasteiger partial charge in [-0.25, -0.2) is 0 Å². The number of hydrogen-bond acceptors (Lipinski definition) is 2. The van der Waals surface area contributed by atoms with Gasteiger partial charge >= 0.3 is 0 Å². The van der Waals surface area contributed by atoms with Crippen LogP contribution in [0.5, 0.6) is 0 Å². The summed E-state index contributed by atoms with van der Waals surface area (Å²) in [4.78, 5) is 14.4. The van der Waals surface area contributed by atoms with Crippen LogP contribution in [0.4, 0.5) is 0 Å². The molecule has 1 aromatic carbocycles. The molecule has 0 atom stereocenters. The molecule has 6 heteroatoms. The topological polar surface area (TPSA) is 38.1 Å². The van der Waals surface area contributed by atoms with E-state index in [4.69, 9.17) is 23.2 Å². The first kappa shape index (κ1) is 17.8. The van der Waals surface area contributed by atoms with Crippen molar-refractivity contribution in [2.45, 2.75) is 45.8 Å². The van der Waals surface area contributed by atoms with Gasteiger partial charge in [0.05, 0.1) is 10.0 Å². The second-order valence-electron chi connectivity index (χ2n) is 5.74. The molecule has 0 aliphatic carbocycles. The van der Waals surface area contributed by atoms with E-state index in [1.807, 2.05) is 47.8 Å². The molecule has 23 heavy (non-hydrogen) atoms. The SMILES string of the molecule is CC(C)N(Cc1ccc(Cl)c(Cl)c1)C(=O)CCCn1cccn1. The fraction of sp³-hybridized carbons (Fsp3) is 0.412. The lowest BCUT2D eigenvalue weighted by atomic mass is 10.1. The minimum absolute atomic E-state index is 0.127. The van der Waals surface area contributed by atoms with Gasteiger partial charge in [-0.15, -0.1) is 0 Å². The maximum atomic E-state index is 12.5. The standard InChI is InChI=1S/C17H21Cl2N3O/c1-13(2)22(12-14-6-7-15(18)16(19)11-14)17(23)5-3-9-21-10-4-8-20-21/h4,6-8,10-11,13H,3,5,9,12H2,1-2H3. The zero-order valence-corrected chi connectivity index (χ0v) is 14.9. The molecular weight excluding hydrogens is 333 g/mol. The van der Waals surface area contributed by atoms with E-state index >= 15 is 0 Å². The number of amides is 1. The van der Waals surface area contributed by atoms with Crippen molar-refractivity contribution in [2.24, 2.45) is 0 Å². The molecule has 0 aliphatic rings. The molecule has 2 rings (SSSR count). The second-order valence-corrected chi connectivity index (χ2v) is 6.55. The van der Waals surface area contributed by atoms with Crippen molar-refractivity contribution >= 4 is 29.1 Å². The van der Waals surface area contributed by atoms with E-state index in [0.717, 1.165) is 18.5 Å². The molecule has 1 amide bonds. The number of rotatable bonds is 7. The van der Waals surface area contributed by atoms with Crippen LogP contribution in [0, 0.1) is 0 Å². The molecule has 0 N–H and O–H groups in total. The van der Waals surface area contributed by atoms with Crippen LogP contribution in [0.1, 0.15) is 32.3 Å². The second kappa shape index (κ2) is 8.37. The number of aryl methyl sites for hydroxylation is 1. The predicted octanol–water partition coefficient (Wildman–Crippen LogP) is 4.41. The Morgan fingerprint density at radius 1 is 1.30 bits per heavy atom. The van der Waals surface area contributed by atoms with Crippen molar-refractivity contribution in [3.8, 4) is 0 Å². The molecule has 0 saturated carbocycles. The van der Waals surface area contributed by atoms with Gasteiger partial charge in [-0.3, -0.25) is 9.48 Å². The van der Waals surface area contributed by atoms with Gasteiger partial charge < -0.3 is 4.90 Å². The molecule has 0 radical (unpaired) electrons. The highest BCUT2D eigenvalue weighted by molar-refractivity contribution is 6.42. The van der Waals surface area contributed by atoms with Crippen LogP contribution in [-0.4, -0.2) is 26.6 Å². The molecule has 0 bridgehead atoms. The van der Waals surface area contributed by atoms with Crippen molar-refractivity contribution in [2.75, 3.05) is 0 Å². The zero-order chi connectivity index (χ0) is 16.8. The highest BCUT2D eigenvalue weighted by Gasteiger charge is 2.17. The molecule has 1 heterocycles. The molecule has 124 valence electrons. The van der Waals surface area contributed by atoms with Gasteiger partial charge in [0.25, 0.3) is 0 Å². The molecule has 0 aliphatic heterocycles. The molecule has 0 unspecified atom stereocenters. The number of halogens is 2. The normalized spacial score (nSPS) is 11.0. The molecule has 0 fully saturated rings. The van der Waals surface area contributed by atoms with E-state index in [9.17, 15) is 4.79 Å². The summed E-state index contributed by atoms with van der Waals surface area (Å²) >= 11 is 12.0. The van der Waals surface area contributed by atoms with Crippen LogP contribution < -0.4 is 0 Å². The van der Waals surface area contributed by atoms with E-state index in [2.05, 4.69) is 5.10 Å². The first-order valence-electron chi connectivity index (χ1n) is 7.68. The van der Waals surface area contributed by atoms with Crippen molar-refractivity contribution in [1.82, 2.24) is 14.7 Å². The Balaban J connectivity index is 1.93. The van der Waals surface area contributed by atoms with Crippen molar-refractivity contribution in [3.05, 3.63) is 52.3 Å². The monoisotopic (exact) mass is 353 g/mol. The molecule has 0 spiro atoms. The fourth-order valence-corrected chi connectivity index (χ4v) is 2.68. The Morgan fingerprint density at radius 3 is 2.70 bits per heavy atom. The number of nitrogens with zero attached hydrogens (tertiary/aromatic N) is 3. The van der Waals surface area contributed by atoms with E-state index in [0.29, 0.717) is 23.0 Å². The summed E-state index contributed by atoms with van der Waals surface area (Å²) in [5.74, 6) is 0.137. The van der Waals surface area contributed by atoms with Crippen molar-refractivity contribution in [3.63, 3.8) is 0 Å². The quantitative estimate of drug-likeness (QED) is 0.739. The van der Waals surface area contributed by atoms with E-state index in [1.54, 1.807) is 12.3 Å². The van der Waals surface area contributed by atoms with Gasteiger partial charge in [0, 0.05) is 37.9 Å². The van der Waals surface area contributed by atoms with E-state index in [-0.39, 0.29) is 11.9 Å². The summed E-state index contributed by atoms with van der Waals surface area (Å²) in [6, 6.07) is 7.49. The van der Waals surface area contributed by atoms with Gasteiger partial charge in [-0.1, -0.05) is 29.3 Å². The number of carbonyl (C=O) groups excluding carboxylic acids is 1. The smallest absolute Gasteiger partial charge is 0.223 e. The highest BCUT2D eigenvalue weighted by Crippen LogP contribution is 2.23. The van der Waals surface area contributed by atoms with Gasteiger partial charge in [0.2, 0.25) is 5.91 Å². The lowest BCUT2D eigenvalue weighted by Gasteiger charge is -2.27. The summed E-state index contributed by atoms with van der Waals surface area (Å²) in [7, 11) is 0. The van der Waals surface area contributed by atoms with Crippen LogP contribution in [0.15, 0.2) is 36.7 Å². The summed E-state index contributed by atoms with van der Waals surface area (Å²) in [5, 5.41) is 5.18. The fourth-order valence-electron chi connectivity index (χ4n) is 2.36. The minimum Gasteiger partial charge on any atom is -0.336 e. The Morgan fingerprint density at radius 2 is 2.09 bits per heavy atom. The van der Waals surface area contributed by atoms with Crippen LogP contribution in [-0.2, 0) is 17.9 Å². The van der Waals surface area contributed by atoms with Crippen LogP contribution in [0.25, 0.3) is 0 Å². The third-order valence-electron chi connectivity index (χ3n) is 3.62. The van der Waals surface area contributed by atoms with Gasteiger partial charge in [0.1, 0.15) is 0 Å². The van der Waals surface area contributed by atoms with Crippen LogP contribution in [0.2, 0.25) is 10.0 Å². The molecule has 0 saturated heterocycles. The van der Waals surface area contributed by atoms with Gasteiger partial charge in [0.15, 0.2) is 0 Å². The Bertz CT molecular complexity index is 641. The molecule has 2 aromatic rings. The predicted molar refractivity (Wildman–Crippen MR) is 93.6 cm³/mol. The maximum Gasteiger partial charge on any atom is 0.223 e. The van der Waals surface area contributed by atoms with Crippen LogP contribution >= 0.6 is 23.2 Å². The van der Waals surface area contributed by atoms with E-state index < -0.39 is 0 Å². The molecule has 4 nitrogen and oxygen atoms in total. The van der Waals surface area contributed by atoms with Crippen molar-refractivity contribution < 1.29 is 4.79 Å². The summed E-state index contributed by atoms with van der Waals surface area (Å²) < 4.78 is 1.84. The number of carbonyl (C=O) groups is 1. The first-order valence-corrected chi connectivity index (χ1v) is 8.44. The Hall–Kier alpha value is -1.52. The number of benzene rings is 1. The Kier molecular flexibility index (Phi) is 6.48. The summed E-state index contributed by atoms with van der Waals surface area (Å²) in [5.41, 5.74) is 0.980. The van der Waals surface area contributed by atoms with Crippen molar-refractivity contribution in [1.29, 1.82) is 0 Å². The van der Waals surface area contributed by atoms with E-state index in [1.165, 1.54) is 0 Å². The third kappa shape index (κ3) is 5.26. The average molecular weight is 354 g/mol. The molecular formula is C17H21Cl2N3O. The Labute approximate surface area is 147 Å². The zero-order valence-electron chi connectivity index (χ0n) is 13.4. The summed E-state index contributed by atoms with van der Waals surface area (Å²) in [6.45, 7) is 5.32. The lowest BCUT2D eigenvalue weighted by molar-refractivity contribution is -0.133. The minimum atomic E-state index is 0.127. The van der Waals surface area contributed by atoms with Crippen LogP contribution in [0.3, 0.4) is 0 Å². The van der Waals surface area contributed by atoms with Gasteiger partial charge in [-0.2, -0.15) is 5.10 Å². The largest absolute Gasteiger partial charge is 0.336 e. The first-order chi connectivity index (χ1) is 11.0.